The Balaban J connectivity index is 1.80. The van der Waals surface area contributed by atoms with Gasteiger partial charge in [-0.25, -0.2) is 0 Å². The largest absolute Gasteiger partial charge is 0.310 e. The van der Waals surface area contributed by atoms with Crippen LogP contribution in [0.4, 0.5) is 0 Å². The van der Waals surface area contributed by atoms with E-state index in [2.05, 4.69) is 64.3 Å². The number of likely N-dealkylation sites (tertiary alicyclic amines) is 1. The van der Waals surface area contributed by atoms with Gasteiger partial charge in [0.25, 0.3) is 0 Å². The third-order valence-electron chi connectivity index (χ3n) is 4.31. The van der Waals surface area contributed by atoms with E-state index in [0.29, 0.717) is 6.04 Å². The van der Waals surface area contributed by atoms with Crippen molar-refractivity contribution in [2.45, 2.75) is 45.7 Å². The minimum atomic E-state index is 0.591. The molecule has 0 amide bonds. The van der Waals surface area contributed by atoms with Gasteiger partial charge in [-0.15, -0.1) is 0 Å². The highest BCUT2D eigenvalue weighted by atomic mass is 79.9. The maximum absolute atomic E-state index is 3.71. The number of hydrogen-bond donors (Lipinski definition) is 1. The van der Waals surface area contributed by atoms with Crippen molar-refractivity contribution in [1.29, 1.82) is 0 Å². The highest BCUT2D eigenvalue weighted by Crippen LogP contribution is 2.20. The van der Waals surface area contributed by atoms with Crippen molar-refractivity contribution in [3.63, 3.8) is 0 Å². The summed E-state index contributed by atoms with van der Waals surface area (Å²) in [5.74, 6) is 0.794. The quantitative estimate of drug-likeness (QED) is 0.841. The Morgan fingerprint density at radius 2 is 2.30 bits per heavy atom. The van der Waals surface area contributed by atoms with E-state index in [1.165, 1.54) is 44.5 Å². The third kappa shape index (κ3) is 4.87. The number of hydrogen-bond acceptors (Lipinski definition) is 2. The number of benzene rings is 1. The van der Waals surface area contributed by atoms with Crippen molar-refractivity contribution in [3.05, 3.63) is 34.3 Å². The average molecular weight is 339 g/mol. The van der Waals surface area contributed by atoms with Gasteiger partial charge in [0.1, 0.15) is 0 Å². The Hall–Kier alpha value is -0.380. The molecule has 1 aromatic carbocycles. The van der Waals surface area contributed by atoms with Crippen LogP contribution in [0.15, 0.2) is 28.7 Å². The van der Waals surface area contributed by atoms with Crippen LogP contribution in [-0.2, 0) is 6.54 Å². The van der Waals surface area contributed by atoms with Gasteiger partial charge in [-0.1, -0.05) is 35.0 Å². The van der Waals surface area contributed by atoms with Crippen molar-refractivity contribution in [3.8, 4) is 0 Å². The monoisotopic (exact) mass is 338 g/mol. The molecule has 112 valence electrons. The lowest BCUT2D eigenvalue weighted by molar-refractivity contribution is 0.150. The van der Waals surface area contributed by atoms with Crippen molar-refractivity contribution >= 4 is 15.9 Å². The molecule has 2 unspecified atom stereocenters. The summed E-state index contributed by atoms with van der Waals surface area (Å²) in [4.78, 5) is 2.63. The van der Waals surface area contributed by atoms with Crippen LogP contribution in [0.3, 0.4) is 0 Å². The van der Waals surface area contributed by atoms with Gasteiger partial charge in [-0.2, -0.15) is 0 Å². The molecule has 2 rings (SSSR count). The topological polar surface area (TPSA) is 15.3 Å². The first-order chi connectivity index (χ1) is 9.69. The molecular weight excluding hydrogens is 312 g/mol. The number of rotatable bonds is 6. The zero-order chi connectivity index (χ0) is 14.4. The fraction of sp³-hybridized carbons (Fsp3) is 0.647. The molecule has 1 heterocycles. The Morgan fingerprint density at radius 1 is 1.45 bits per heavy atom. The van der Waals surface area contributed by atoms with Gasteiger partial charge in [0.2, 0.25) is 0 Å². The van der Waals surface area contributed by atoms with E-state index >= 15 is 0 Å². The van der Waals surface area contributed by atoms with Crippen LogP contribution in [0.1, 0.15) is 38.7 Å². The van der Waals surface area contributed by atoms with E-state index in [-0.39, 0.29) is 0 Å². The molecule has 0 saturated carbocycles. The first-order valence-corrected chi connectivity index (χ1v) is 8.68. The van der Waals surface area contributed by atoms with E-state index in [1.54, 1.807) is 0 Å². The maximum atomic E-state index is 3.71. The summed E-state index contributed by atoms with van der Waals surface area (Å²) >= 11 is 3.54. The minimum absolute atomic E-state index is 0.591. The molecule has 1 saturated heterocycles. The summed E-state index contributed by atoms with van der Waals surface area (Å²) in [6, 6.07) is 9.17. The number of nitrogens with zero attached hydrogens (tertiary/aromatic N) is 1. The van der Waals surface area contributed by atoms with E-state index in [9.17, 15) is 0 Å². The fourth-order valence-corrected chi connectivity index (χ4v) is 3.56. The van der Waals surface area contributed by atoms with E-state index in [4.69, 9.17) is 0 Å². The lowest BCUT2D eigenvalue weighted by atomic mass is 9.91. The van der Waals surface area contributed by atoms with Gasteiger partial charge >= 0.3 is 0 Å². The van der Waals surface area contributed by atoms with Crippen LogP contribution in [0, 0.1) is 5.92 Å². The zero-order valence-corrected chi connectivity index (χ0v) is 14.3. The molecule has 1 aliphatic heterocycles. The lowest BCUT2D eigenvalue weighted by Gasteiger charge is -2.36. The predicted molar refractivity (Wildman–Crippen MR) is 89.9 cm³/mol. The fourth-order valence-electron chi connectivity index (χ4n) is 3.11. The van der Waals surface area contributed by atoms with E-state index < -0.39 is 0 Å². The van der Waals surface area contributed by atoms with Crippen molar-refractivity contribution in [2.24, 2.45) is 5.92 Å². The second-order valence-corrected chi connectivity index (χ2v) is 6.92. The van der Waals surface area contributed by atoms with Gasteiger partial charge in [0.05, 0.1) is 0 Å². The van der Waals surface area contributed by atoms with Gasteiger partial charge in [-0.05, 0) is 62.9 Å². The molecule has 3 heteroatoms. The smallest absolute Gasteiger partial charge is 0.0208 e. The molecule has 1 aliphatic rings. The summed E-state index contributed by atoms with van der Waals surface area (Å²) in [5, 5.41) is 3.71. The number of nitrogens with one attached hydrogen (secondary N) is 1. The summed E-state index contributed by atoms with van der Waals surface area (Å²) in [5.41, 5.74) is 1.35. The van der Waals surface area contributed by atoms with Crippen LogP contribution < -0.4 is 5.32 Å². The zero-order valence-electron chi connectivity index (χ0n) is 12.7. The summed E-state index contributed by atoms with van der Waals surface area (Å²) < 4.78 is 1.16. The van der Waals surface area contributed by atoms with E-state index in [0.717, 1.165) is 16.9 Å². The Morgan fingerprint density at radius 3 is 3.05 bits per heavy atom. The van der Waals surface area contributed by atoms with E-state index in [1.807, 2.05) is 0 Å². The summed E-state index contributed by atoms with van der Waals surface area (Å²) in [7, 11) is 0. The van der Waals surface area contributed by atoms with Gasteiger partial charge in [0, 0.05) is 23.6 Å². The lowest BCUT2D eigenvalue weighted by Crippen LogP contribution is -2.44. The SMILES string of the molecule is CCCN1CCCC(C(C)NCc2cccc(Br)c2)C1. The second-order valence-electron chi connectivity index (χ2n) is 6.00. The maximum Gasteiger partial charge on any atom is 0.0208 e. The normalized spacial score (nSPS) is 21.9. The minimum Gasteiger partial charge on any atom is -0.310 e. The van der Waals surface area contributed by atoms with Crippen LogP contribution in [0.25, 0.3) is 0 Å². The molecule has 2 atom stereocenters. The Kier molecular flexibility index (Phi) is 6.53. The average Bonchev–Trinajstić information content (AvgIpc) is 2.45. The highest BCUT2D eigenvalue weighted by Gasteiger charge is 2.23. The van der Waals surface area contributed by atoms with Crippen molar-refractivity contribution < 1.29 is 0 Å². The molecule has 0 aromatic heterocycles. The first kappa shape index (κ1) is 16.0. The van der Waals surface area contributed by atoms with Gasteiger partial charge in [0.15, 0.2) is 0 Å². The molecule has 2 nitrogen and oxygen atoms in total. The van der Waals surface area contributed by atoms with Crippen LogP contribution in [0.5, 0.6) is 0 Å². The third-order valence-corrected chi connectivity index (χ3v) is 4.80. The molecule has 0 spiro atoms. The van der Waals surface area contributed by atoms with Gasteiger partial charge < -0.3 is 10.2 Å². The molecule has 20 heavy (non-hydrogen) atoms. The number of piperidine rings is 1. The van der Waals surface area contributed by atoms with Crippen LogP contribution in [-0.4, -0.2) is 30.6 Å². The Bertz CT molecular complexity index is 406. The molecule has 0 radical (unpaired) electrons. The van der Waals surface area contributed by atoms with Crippen LogP contribution >= 0.6 is 15.9 Å². The molecule has 1 aromatic rings. The van der Waals surface area contributed by atoms with Crippen LogP contribution in [0.2, 0.25) is 0 Å². The number of halogens is 1. The predicted octanol–water partition coefficient (Wildman–Crippen LogP) is 4.05. The Labute approximate surface area is 132 Å². The summed E-state index contributed by atoms with van der Waals surface area (Å²) in [6.07, 6.45) is 3.99. The van der Waals surface area contributed by atoms with Crippen molar-refractivity contribution in [1.82, 2.24) is 10.2 Å². The molecular formula is C17H27BrN2. The first-order valence-electron chi connectivity index (χ1n) is 7.89. The molecule has 0 aliphatic carbocycles. The standard InChI is InChI=1S/C17H27BrN2/c1-3-9-20-10-5-7-16(13-20)14(2)19-12-15-6-4-8-17(18)11-15/h4,6,8,11,14,16,19H,3,5,7,9-10,12-13H2,1-2H3. The molecule has 0 bridgehead atoms. The van der Waals surface area contributed by atoms with Crippen molar-refractivity contribution in [2.75, 3.05) is 19.6 Å². The van der Waals surface area contributed by atoms with Gasteiger partial charge in [-0.3, -0.25) is 0 Å². The molecule has 1 N–H and O–H groups in total. The summed E-state index contributed by atoms with van der Waals surface area (Å²) in [6.45, 7) is 9.40. The highest BCUT2D eigenvalue weighted by molar-refractivity contribution is 9.10. The molecule has 1 fully saturated rings. The second kappa shape index (κ2) is 8.16.